The number of nitrogens with two attached hydrogens (primary N) is 3. The van der Waals surface area contributed by atoms with E-state index in [4.69, 9.17) is 36.1 Å². The quantitative estimate of drug-likeness (QED) is 0.173. The van der Waals surface area contributed by atoms with Crippen LogP contribution in [0.5, 0.6) is 0 Å². The Balaban J connectivity index is 0.00000408. The summed E-state index contributed by atoms with van der Waals surface area (Å²) in [6, 6.07) is -2.11. The Labute approximate surface area is 207 Å². The second-order valence-electron chi connectivity index (χ2n) is 9.91. The second-order valence-corrected chi connectivity index (χ2v) is 9.91. The van der Waals surface area contributed by atoms with Crippen molar-refractivity contribution < 1.29 is 34.3 Å². The van der Waals surface area contributed by atoms with Crippen LogP contribution in [0.2, 0.25) is 0 Å². The predicted molar refractivity (Wildman–Crippen MR) is 127 cm³/mol. The highest BCUT2D eigenvalue weighted by Crippen LogP contribution is 2.31. The highest BCUT2D eigenvalue weighted by atomic mass is 35.5. The number of rotatable bonds is 7. The molecule has 2 saturated heterocycles. The van der Waals surface area contributed by atoms with E-state index in [-0.39, 0.29) is 37.2 Å². The molecule has 2 heterocycles. The predicted octanol–water partition coefficient (Wildman–Crippen LogP) is -2.91. The number of halogens is 1. The lowest BCUT2D eigenvalue weighted by atomic mass is 9.84. The summed E-state index contributed by atoms with van der Waals surface area (Å²) < 4.78 is 23.7. The summed E-state index contributed by atoms with van der Waals surface area (Å²) >= 11 is 0. The van der Waals surface area contributed by atoms with Gasteiger partial charge < -0.3 is 62.1 Å². The van der Waals surface area contributed by atoms with E-state index in [1.54, 1.807) is 14.0 Å². The van der Waals surface area contributed by atoms with E-state index in [0.29, 0.717) is 12.8 Å². The molecule has 0 aromatic carbocycles. The van der Waals surface area contributed by atoms with Gasteiger partial charge in [-0.2, -0.15) is 0 Å². The standard InChI is InChI=1S/C21H43N5O7.ClH/c1-9(25-3)13-6-5-10(22)19(31-13)32-16-11(23)7-12(24)17(14(16)27)33-20-15(28)18(26-4)21(2,29)8-30-20;/h9-20,25-29H,5-8,22-24H2,1-4H3;1H/t9-,10-,11+,12-,13+,14+,15-,16-,17+,18-,19-,20-,21+;/m1./s1. The lowest BCUT2D eigenvalue weighted by Crippen LogP contribution is -2.68. The van der Waals surface area contributed by atoms with Crippen LogP contribution in [0.4, 0.5) is 0 Å². The number of aliphatic hydroxyl groups excluding tert-OH is 2. The molecule has 0 bridgehead atoms. The van der Waals surface area contributed by atoms with Crippen molar-refractivity contribution in [3.8, 4) is 0 Å². The van der Waals surface area contributed by atoms with Crippen molar-refractivity contribution in [1.29, 1.82) is 0 Å². The van der Waals surface area contributed by atoms with Crippen LogP contribution in [-0.4, -0.2) is 115 Å². The molecule has 12 nitrogen and oxygen atoms in total. The van der Waals surface area contributed by atoms with Gasteiger partial charge >= 0.3 is 0 Å². The van der Waals surface area contributed by atoms with E-state index in [0.717, 1.165) is 6.42 Å². The van der Waals surface area contributed by atoms with Crippen LogP contribution in [0.25, 0.3) is 0 Å². The van der Waals surface area contributed by atoms with E-state index >= 15 is 0 Å². The van der Waals surface area contributed by atoms with Crippen molar-refractivity contribution in [2.24, 2.45) is 17.2 Å². The summed E-state index contributed by atoms with van der Waals surface area (Å²) in [5, 5.41) is 38.3. The molecule has 1 aliphatic carbocycles. The molecule has 1 saturated carbocycles. The summed E-state index contributed by atoms with van der Waals surface area (Å²) in [5.74, 6) is 0. The van der Waals surface area contributed by atoms with Gasteiger partial charge in [-0.05, 0) is 47.2 Å². The minimum atomic E-state index is -1.29. The highest BCUT2D eigenvalue weighted by Gasteiger charge is 2.50. The van der Waals surface area contributed by atoms with E-state index in [1.165, 1.54) is 0 Å². The minimum absolute atomic E-state index is 0. The fourth-order valence-electron chi connectivity index (χ4n) is 5.04. The number of aliphatic hydroxyl groups is 3. The average Bonchev–Trinajstić information content (AvgIpc) is 2.76. The van der Waals surface area contributed by atoms with E-state index in [2.05, 4.69) is 10.6 Å². The largest absolute Gasteiger partial charge is 0.388 e. The summed E-state index contributed by atoms with van der Waals surface area (Å²) in [6.07, 6.45) is -4.22. The molecule has 0 spiro atoms. The van der Waals surface area contributed by atoms with Crippen LogP contribution >= 0.6 is 12.4 Å². The highest BCUT2D eigenvalue weighted by molar-refractivity contribution is 5.85. The fourth-order valence-corrected chi connectivity index (χ4v) is 5.04. The lowest BCUT2D eigenvalue weighted by molar-refractivity contribution is -0.307. The first kappa shape index (κ1) is 30.0. The Morgan fingerprint density at radius 1 is 0.971 bits per heavy atom. The third kappa shape index (κ3) is 6.38. The molecule has 202 valence electrons. The topological polar surface area (TPSA) is 200 Å². The van der Waals surface area contributed by atoms with Gasteiger partial charge in [0.1, 0.15) is 30.0 Å². The zero-order valence-corrected chi connectivity index (χ0v) is 21.2. The summed E-state index contributed by atoms with van der Waals surface area (Å²) in [6.45, 7) is 3.52. The first-order valence-electron chi connectivity index (χ1n) is 11.8. The first-order chi connectivity index (χ1) is 15.5. The van der Waals surface area contributed by atoms with E-state index < -0.39 is 60.7 Å². The van der Waals surface area contributed by atoms with Crippen molar-refractivity contribution in [2.75, 3.05) is 20.7 Å². The maximum Gasteiger partial charge on any atom is 0.185 e. The smallest absolute Gasteiger partial charge is 0.185 e. The third-order valence-electron chi connectivity index (χ3n) is 7.24. The Morgan fingerprint density at radius 2 is 1.56 bits per heavy atom. The van der Waals surface area contributed by atoms with Gasteiger partial charge in [0.25, 0.3) is 0 Å². The molecule has 34 heavy (non-hydrogen) atoms. The maximum absolute atomic E-state index is 11.1. The lowest BCUT2D eigenvalue weighted by Gasteiger charge is -2.48. The van der Waals surface area contributed by atoms with Crippen LogP contribution < -0.4 is 27.8 Å². The van der Waals surface area contributed by atoms with Crippen molar-refractivity contribution >= 4 is 12.4 Å². The monoisotopic (exact) mass is 513 g/mol. The number of nitrogens with one attached hydrogen (secondary N) is 2. The molecule has 13 heteroatoms. The Bertz CT molecular complexity index is 638. The summed E-state index contributed by atoms with van der Waals surface area (Å²) in [4.78, 5) is 0. The molecule has 0 aromatic heterocycles. The van der Waals surface area contributed by atoms with Gasteiger partial charge in [-0.15, -0.1) is 12.4 Å². The molecule has 0 aromatic rings. The average molecular weight is 514 g/mol. The van der Waals surface area contributed by atoms with Crippen LogP contribution in [0, 0.1) is 0 Å². The van der Waals surface area contributed by atoms with Gasteiger partial charge in [-0.3, -0.25) is 0 Å². The molecule has 2 aliphatic heterocycles. The van der Waals surface area contributed by atoms with Gasteiger partial charge in [0.2, 0.25) is 0 Å². The number of ether oxygens (including phenoxy) is 4. The van der Waals surface area contributed by atoms with Crippen molar-refractivity contribution in [2.45, 2.75) is 112 Å². The first-order valence-corrected chi connectivity index (χ1v) is 11.8. The van der Waals surface area contributed by atoms with Crippen LogP contribution in [0.15, 0.2) is 0 Å². The molecule has 13 atom stereocenters. The van der Waals surface area contributed by atoms with Gasteiger partial charge in [0, 0.05) is 18.1 Å². The molecule has 11 N–H and O–H groups in total. The van der Waals surface area contributed by atoms with Crippen LogP contribution in [0.1, 0.15) is 33.1 Å². The van der Waals surface area contributed by atoms with Gasteiger partial charge in [0.05, 0.1) is 24.8 Å². The molecule has 3 aliphatic rings. The molecular formula is C21H44ClN5O7. The molecule has 3 rings (SSSR count). The van der Waals surface area contributed by atoms with E-state index in [1.807, 2.05) is 14.0 Å². The Kier molecular flexibility index (Phi) is 10.9. The van der Waals surface area contributed by atoms with Gasteiger partial charge in [0.15, 0.2) is 12.6 Å². The van der Waals surface area contributed by atoms with Crippen LogP contribution in [0.3, 0.4) is 0 Å². The number of hydrogen-bond donors (Lipinski definition) is 8. The number of likely N-dealkylation sites (N-methyl/N-ethyl adjacent to an activating group) is 2. The Hall–Kier alpha value is -0.190. The Morgan fingerprint density at radius 3 is 2.12 bits per heavy atom. The SMILES string of the molecule is CN[C@@H]1[C@@H](O)[C@@H](O[C@@H]2[C@@H](O)[C@H](O[C@H]3O[C@H]([C@@H](C)NC)CC[C@H]3N)[C@@H](N)C[C@H]2N)OC[C@]1(C)O.Cl. The van der Waals surface area contributed by atoms with Crippen molar-refractivity contribution in [3.63, 3.8) is 0 Å². The van der Waals surface area contributed by atoms with Gasteiger partial charge in [-0.25, -0.2) is 0 Å². The second kappa shape index (κ2) is 12.4. The van der Waals surface area contributed by atoms with Crippen molar-refractivity contribution in [1.82, 2.24) is 10.6 Å². The zero-order chi connectivity index (χ0) is 24.5. The van der Waals surface area contributed by atoms with E-state index in [9.17, 15) is 15.3 Å². The number of hydrogen-bond acceptors (Lipinski definition) is 12. The molecule has 3 fully saturated rings. The zero-order valence-electron chi connectivity index (χ0n) is 20.4. The molecule has 0 amide bonds. The minimum Gasteiger partial charge on any atom is -0.388 e. The third-order valence-corrected chi connectivity index (χ3v) is 7.24. The van der Waals surface area contributed by atoms with Gasteiger partial charge in [-0.1, -0.05) is 0 Å². The fraction of sp³-hybridized carbons (Fsp3) is 1.00. The summed E-state index contributed by atoms with van der Waals surface area (Å²) in [7, 11) is 3.49. The molecule has 0 radical (unpaired) electrons. The van der Waals surface area contributed by atoms with Crippen molar-refractivity contribution in [3.05, 3.63) is 0 Å². The molecular weight excluding hydrogens is 470 g/mol. The molecule has 0 unspecified atom stereocenters. The maximum atomic E-state index is 11.1. The normalized spacial score (nSPS) is 48.7. The van der Waals surface area contributed by atoms with Crippen LogP contribution in [-0.2, 0) is 18.9 Å². The summed E-state index contributed by atoms with van der Waals surface area (Å²) in [5.41, 5.74) is 17.5.